The molecule has 0 N–H and O–H groups in total. The summed E-state index contributed by atoms with van der Waals surface area (Å²) in [5.41, 5.74) is 2.31. The van der Waals surface area contributed by atoms with Gasteiger partial charge in [-0.3, -0.25) is 4.79 Å². The number of nitrogens with zero attached hydrogens (tertiary/aromatic N) is 1. The first-order valence-corrected chi connectivity index (χ1v) is 15.6. The van der Waals surface area contributed by atoms with E-state index in [2.05, 4.69) is 100 Å². The van der Waals surface area contributed by atoms with Gasteiger partial charge in [0.1, 0.15) is 5.75 Å². The molecule has 1 atom stereocenters. The van der Waals surface area contributed by atoms with E-state index >= 15 is 0 Å². The van der Waals surface area contributed by atoms with Crippen LogP contribution in [0.15, 0.2) is 60.7 Å². The molecule has 0 fully saturated rings. The zero-order valence-electron chi connectivity index (χ0n) is 22.5. The van der Waals surface area contributed by atoms with Gasteiger partial charge >= 0.3 is 0 Å². The number of hydrogen-bond acceptors (Lipinski definition) is 4. The molecular weight excluding hydrogens is 478 g/mol. The zero-order chi connectivity index (χ0) is 26.0. The van der Waals surface area contributed by atoms with E-state index in [0.717, 1.165) is 40.4 Å². The number of aldehydes is 1. The van der Waals surface area contributed by atoms with Gasteiger partial charge in [0.15, 0.2) is 6.29 Å². The fourth-order valence-electron chi connectivity index (χ4n) is 4.22. The molecule has 1 unspecified atom stereocenters. The topological polar surface area (TPSA) is 29.5 Å². The van der Waals surface area contributed by atoms with Crippen LogP contribution < -0.4 is 14.5 Å². The predicted octanol–water partition coefficient (Wildman–Crippen LogP) is 7.95. The van der Waals surface area contributed by atoms with Crippen molar-refractivity contribution < 1.29 is 9.22 Å². The van der Waals surface area contributed by atoms with Gasteiger partial charge in [0.25, 0.3) is 9.04 Å². The molecule has 3 nitrogen and oxygen atoms in total. The van der Waals surface area contributed by atoms with Crippen molar-refractivity contribution in [3.05, 3.63) is 76.0 Å². The number of anilines is 1. The average molecular weight is 520 g/mol. The Bertz CT molecular complexity index is 1110. The van der Waals surface area contributed by atoms with E-state index in [9.17, 15) is 4.79 Å². The van der Waals surface area contributed by atoms with Crippen LogP contribution in [0.1, 0.15) is 80.4 Å². The molecule has 0 aliphatic rings. The molecule has 3 rings (SSSR count). The summed E-state index contributed by atoms with van der Waals surface area (Å²) in [5, 5.41) is 1.36. The van der Waals surface area contributed by atoms with Gasteiger partial charge in [0.05, 0.1) is 4.88 Å². The van der Waals surface area contributed by atoms with Crippen LogP contribution in [-0.4, -0.2) is 28.4 Å². The number of unbranched alkanes of at least 4 members (excludes halogenated alkanes) is 2. The number of rotatable bonds is 13. The maximum absolute atomic E-state index is 11.1. The summed E-state index contributed by atoms with van der Waals surface area (Å²) in [5.74, 6) is 0.948. The highest BCUT2D eigenvalue weighted by molar-refractivity contribution is 7.14. The second kappa shape index (κ2) is 13.6. The fraction of sp³-hybridized carbons (Fsp3) is 0.387. The molecular formula is C31H41NO2SSi. The molecule has 36 heavy (non-hydrogen) atoms. The van der Waals surface area contributed by atoms with Gasteiger partial charge in [-0.15, -0.1) is 11.3 Å². The van der Waals surface area contributed by atoms with E-state index in [1.807, 2.05) is 12.1 Å². The first kappa shape index (κ1) is 27.9. The van der Waals surface area contributed by atoms with Crippen molar-refractivity contribution in [3.63, 3.8) is 0 Å². The van der Waals surface area contributed by atoms with E-state index in [-0.39, 0.29) is 5.04 Å². The highest BCUT2D eigenvalue weighted by Crippen LogP contribution is 2.34. The van der Waals surface area contributed by atoms with Crippen LogP contribution in [0.25, 0.3) is 12.2 Å². The monoisotopic (exact) mass is 519 g/mol. The second-order valence-electron chi connectivity index (χ2n) is 10.4. The van der Waals surface area contributed by atoms with Gasteiger partial charge in [-0.1, -0.05) is 77.8 Å². The third-order valence-electron chi connectivity index (χ3n) is 6.25. The molecule has 3 aromatic rings. The summed E-state index contributed by atoms with van der Waals surface area (Å²) in [4.78, 5) is 15.4. The van der Waals surface area contributed by atoms with E-state index in [1.54, 1.807) is 0 Å². The standard InChI is InChI=1S/C31H41NO2SSi/c1-6-8-21-32(22-9-7-2)26-17-15-25(16-18-27-19-20-28(24-33)35-27)30(23-26)34-36(31(3,4)5)29-13-11-10-12-14-29/h10-20,23-24,36H,6-9,21-22H2,1-5H3/b18-16+. The summed E-state index contributed by atoms with van der Waals surface area (Å²) >= 11 is 1.50. The van der Waals surface area contributed by atoms with Crippen molar-refractivity contribution in [2.45, 2.75) is 65.3 Å². The van der Waals surface area contributed by atoms with E-state index in [4.69, 9.17) is 4.43 Å². The number of hydrogen-bond donors (Lipinski definition) is 0. The maximum Gasteiger partial charge on any atom is 0.272 e. The number of thiophene rings is 1. The molecule has 0 saturated heterocycles. The molecule has 0 spiro atoms. The van der Waals surface area contributed by atoms with Gasteiger partial charge in [0.2, 0.25) is 0 Å². The van der Waals surface area contributed by atoms with Crippen LogP contribution in [0.3, 0.4) is 0 Å². The fourth-order valence-corrected chi connectivity index (χ4v) is 7.47. The van der Waals surface area contributed by atoms with Crippen LogP contribution in [0.5, 0.6) is 5.75 Å². The summed E-state index contributed by atoms with van der Waals surface area (Å²) in [7, 11) is -1.83. The Labute approximate surface area is 223 Å². The molecule has 0 bridgehead atoms. The minimum absolute atomic E-state index is 0.0507. The van der Waals surface area contributed by atoms with Gasteiger partial charge in [-0.25, -0.2) is 0 Å². The quantitative estimate of drug-likeness (QED) is 0.169. The Morgan fingerprint density at radius 1 is 0.889 bits per heavy atom. The van der Waals surface area contributed by atoms with Crippen molar-refractivity contribution in [1.29, 1.82) is 0 Å². The molecule has 0 aliphatic carbocycles. The molecule has 192 valence electrons. The van der Waals surface area contributed by atoms with E-state index < -0.39 is 9.04 Å². The van der Waals surface area contributed by atoms with Crippen LogP contribution >= 0.6 is 11.3 Å². The molecule has 5 heteroatoms. The highest BCUT2D eigenvalue weighted by atomic mass is 32.1. The predicted molar refractivity (Wildman–Crippen MR) is 161 cm³/mol. The highest BCUT2D eigenvalue weighted by Gasteiger charge is 2.32. The molecule has 2 aromatic carbocycles. The Balaban J connectivity index is 2.02. The smallest absolute Gasteiger partial charge is 0.272 e. The van der Waals surface area contributed by atoms with Crippen LogP contribution in [0, 0.1) is 0 Å². The van der Waals surface area contributed by atoms with Crippen LogP contribution in [0.4, 0.5) is 5.69 Å². The largest absolute Gasteiger partial charge is 0.541 e. The van der Waals surface area contributed by atoms with Crippen LogP contribution in [0.2, 0.25) is 5.04 Å². The second-order valence-corrected chi connectivity index (χ2v) is 14.9. The Hall–Kier alpha value is -2.63. The summed E-state index contributed by atoms with van der Waals surface area (Å²) < 4.78 is 7.02. The molecule has 0 radical (unpaired) electrons. The van der Waals surface area contributed by atoms with Gasteiger partial charge in [0, 0.05) is 35.3 Å². The van der Waals surface area contributed by atoms with Crippen molar-refractivity contribution in [1.82, 2.24) is 0 Å². The van der Waals surface area contributed by atoms with Gasteiger partial charge in [-0.05, 0) is 59.5 Å². The van der Waals surface area contributed by atoms with Crippen molar-refractivity contribution in [2.75, 3.05) is 18.0 Å². The number of carbonyl (C=O) groups excluding carboxylic acids is 1. The zero-order valence-corrected chi connectivity index (χ0v) is 24.5. The molecule has 0 aliphatic heterocycles. The SMILES string of the molecule is CCCCN(CCCC)c1ccc(/C=C/c2ccc(C=O)s2)c(O[SiH](c2ccccc2)C(C)(C)C)c1. The number of benzene rings is 2. The summed E-state index contributed by atoms with van der Waals surface area (Å²) in [6.07, 6.45) is 9.85. The van der Waals surface area contributed by atoms with Crippen LogP contribution in [-0.2, 0) is 0 Å². The average Bonchev–Trinajstić information content (AvgIpc) is 3.34. The molecule has 0 saturated carbocycles. The van der Waals surface area contributed by atoms with Crippen molar-refractivity contribution >= 4 is 49.7 Å². The molecule has 1 heterocycles. The Morgan fingerprint density at radius 3 is 2.14 bits per heavy atom. The normalized spacial score (nSPS) is 12.6. The Kier molecular flexibility index (Phi) is 10.6. The van der Waals surface area contributed by atoms with Gasteiger partial charge in [-0.2, -0.15) is 0 Å². The van der Waals surface area contributed by atoms with Crippen molar-refractivity contribution in [2.24, 2.45) is 0 Å². The lowest BCUT2D eigenvalue weighted by atomic mass is 10.1. The first-order valence-electron chi connectivity index (χ1n) is 13.2. The minimum atomic E-state index is -1.83. The summed E-state index contributed by atoms with van der Waals surface area (Å²) in [6.45, 7) is 13.5. The van der Waals surface area contributed by atoms with Gasteiger partial charge < -0.3 is 9.33 Å². The number of carbonyl (C=O) groups is 1. The minimum Gasteiger partial charge on any atom is -0.541 e. The Morgan fingerprint density at radius 2 is 1.56 bits per heavy atom. The summed E-state index contributed by atoms with van der Waals surface area (Å²) in [6, 6.07) is 21.3. The third kappa shape index (κ3) is 7.94. The third-order valence-corrected chi connectivity index (χ3v) is 10.3. The maximum atomic E-state index is 11.1. The van der Waals surface area contributed by atoms with E-state index in [0.29, 0.717) is 0 Å². The molecule has 0 amide bonds. The van der Waals surface area contributed by atoms with E-state index in [1.165, 1.54) is 47.9 Å². The first-order chi connectivity index (χ1) is 17.4. The lowest BCUT2D eigenvalue weighted by molar-refractivity contribution is 0.112. The molecule has 1 aromatic heterocycles. The lowest BCUT2D eigenvalue weighted by Crippen LogP contribution is -2.44. The lowest BCUT2D eigenvalue weighted by Gasteiger charge is -2.31. The van der Waals surface area contributed by atoms with Crippen molar-refractivity contribution in [3.8, 4) is 5.75 Å².